The van der Waals surface area contributed by atoms with Crippen molar-refractivity contribution < 1.29 is 9.53 Å². The molecule has 0 radical (unpaired) electrons. The third-order valence-corrected chi connectivity index (χ3v) is 4.85. The molecule has 6 nitrogen and oxygen atoms in total. The molecule has 0 atom stereocenters. The number of nitrogens with one attached hydrogen (secondary N) is 2. The van der Waals surface area contributed by atoms with Crippen LogP contribution in [0.4, 0.5) is 0 Å². The lowest BCUT2D eigenvalue weighted by Crippen LogP contribution is -2.37. The van der Waals surface area contributed by atoms with Crippen LogP contribution in [0.15, 0.2) is 59.6 Å². The predicted octanol–water partition coefficient (Wildman–Crippen LogP) is 2.94. The van der Waals surface area contributed by atoms with Crippen LogP contribution in [0.5, 0.6) is 5.75 Å². The Labute approximate surface area is 173 Å². The maximum Gasteiger partial charge on any atom is 0.222 e. The van der Waals surface area contributed by atoms with Crippen LogP contribution in [-0.2, 0) is 17.9 Å². The van der Waals surface area contributed by atoms with E-state index < -0.39 is 0 Å². The van der Waals surface area contributed by atoms with Crippen LogP contribution in [0.2, 0.25) is 0 Å². The van der Waals surface area contributed by atoms with Crippen molar-refractivity contribution in [3.63, 3.8) is 0 Å². The molecule has 3 rings (SSSR count). The highest BCUT2D eigenvalue weighted by molar-refractivity contribution is 5.79. The molecule has 0 aliphatic carbocycles. The number of aliphatic imine (C=N–C) groups is 1. The normalized spacial score (nSPS) is 14.2. The molecule has 2 aromatic carbocycles. The van der Waals surface area contributed by atoms with Crippen molar-refractivity contribution in [3.8, 4) is 5.75 Å². The van der Waals surface area contributed by atoms with E-state index in [4.69, 9.17) is 4.74 Å². The van der Waals surface area contributed by atoms with E-state index in [0.717, 1.165) is 37.6 Å². The summed E-state index contributed by atoms with van der Waals surface area (Å²) >= 11 is 0. The fourth-order valence-electron chi connectivity index (χ4n) is 3.32. The molecule has 1 fully saturated rings. The summed E-state index contributed by atoms with van der Waals surface area (Å²) in [5.41, 5.74) is 2.34. The van der Waals surface area contributed by atoms with Gasteiger partial charge in [-0.2, -0.15) is 0 Å². The van der Waals surface area contributed by atoms with Crippen molar-refractivity contribution >= 4 is 11.9 Å². The van der Waals surface area contributed by atoms with E-state index in [-0.39, 0.29) is 5.91 Å². The Balaban J connectivity index is 1.37. The zero-order valence-corrected chi connectivity index (χ0v) is 17.1. The van der Waals surface area contributed by atoms with Crippen molar-refractivity contribution in [2.75, 3.05) is 26.7 Å². The molecule has 1 amide bonds. The van der Waals surface area contributed by atoms with Crippen LogP contribution >= 0.6 is 0 Å². The third kappa shape index (κ3) is 6.82. The standard InChI is InChI=1S/C23H30N4O2/c1-24-23(25-13-7-15-29-21-10-3-2-4-11-21)26-17-19-8-5-9-20(16-19)18-27-14-6-12-22(27)28/h2-5,8-11,16H,6-7,12-15,17-18H2,1H3,(H2,24,25,26). The fourth-order valence-corrected chi connectivity index (χ4v) is 3.32. The first-order valence-corrected chi connectivity index (χ1v) is 10.2. The summed E-state index contributed by atoms with van der Waals surface area (Å²) in [4.78, 5) is 18.0. The quantitative estimate of drug-likeness (QED) is 0.390. The minimum Gasteiger partial charge on any atom is -0.494 e. The topological polar surface area (TPSA) is 66.0 Å². The summed E-state index contributed by atoms with van der Waals surface area (Å²) in [6.45, 7) is 3.68. The van der Waals surface area contributed by atoms with Crippen LogP contribution < -0.4 is 15.4 Å². The Kier molecular flexibility index (Phi) is 7.92. The Morgan fingerprint density at radius 3 is 2.69 bits per heavy atom. The molecule has 1 saturated heterocycles. The van der Waals surface area contributed by atoms with E-state index in [1.807, 2.05) is 41.3 Å². The van der Waals surface area contributed by atoms with Gasteiger partial charge in [0.25, 0.3) is 0 Å². The molecular weight excluding hydrogens is 364 g/mol. The van der Waals surface area contributed by atoms with Crippen LogP contribution in [0.25, 0.3) is 0 Å². The Bertz CT molecular complexity index is 808. The summed E-state index contributed by atoms with van der Waals surface area (Å²) in [7, 11) is 1.77. The molecule has 6 heteroatoms. The van der Waals surface area contributed by atoms with Gasteiger partial charge in [-0.3, -0.25) is 9.79 Å². The molecule has 0 bridgehead atoms. The molecule has 0 aromatic heterocycles. The average molecular weight is 395 g/mol. The molecule has 1 aliphatic heterocycles. The maximum atomic E-state index is 11.8. The van der Waals surface area contributed by atoms with E-state index in [2.05, 4.69) is 33.8 Å². The SMILES string of the molecule is CN=C(NCCCOc1ccccc1)NCc1cccc(CN2CCCC2=O)c1. The van der Waals surface area contributed by atoms with Crippen molar-refractivity contribution in [3.05, 3.63) is 65.7 Å². The summed E-state index contributed by atoms with van der Waals surface area (Å²) in [6, 6.07) is 18.2. The molecular formula is C23H30N4O2. The Morgan fingerprint density at radius 1 is 1.10 bits per heavy atom. The number of likely N-dealkylation sites (tertiary alicyclic amines) is 1. The second kappa shape index (κ2) is 11.1. The highest BCUT2D eigenvalue weighted by atomic mass is 16.5. The number of rotatable bonds is 9. The number of hydrogen-bond donors (Lipinski definition) is 2. The monoisotopic (exact) mass is 394 g/mol. The van der Waals surface area contributed by atoms with E-state index in [1.54, 1.807) is 7.05 Å². The number of amides is 1. The van der Waals surface area contributed by atoms with Gasteiger partial charge in [0.15, 0.2) is 5.96 Å². The lowest BCUT2D eigenvalue weighted by atomic mass is 10.1. The lowest BCUT2D eigenvalue weighted by molar-refractivity contribution is -0.128. The van der Waals surface area contributed by atoms with Gasteiger partial charge in [0.05, 0.1) is 6.61 Å². The minimum absolute atomic E-state index is 0.259. The molecule has 0 unspecified atom stereocenters. The van der Waals surface area contributed by atoms with Crippen LogP contribution in [0, 0.1) is 0 Å². The minimum atomic E-state index is 0.259. The first-order chi connectivity index (χ1) is 14.2. The van der Waals surface area contributed by atoms with Gasteiger partial charge in [0.2, 0.25) is 5.91 Å². The first kappa shape index (κ1) is 20.7. The zero-order chi connectivity index (χ0) is 20.3. The lowest BCUT2D eigenvalue weighted by Gasteiger charge is -2.16. The largest absolute Gasteiger partial charge is 0.494 e. The molecule has 2 aromatic rings. The van der Waals surface area contributed by atoms with Gasteiger partial charge in [-0.15, -0.1) is 0 Å². The molecule has 29 heavy (non-hydrogen) atoms. The second-order valence-electron chi connectivity index (χ2n) is 7.11. The summed E-state index contributed by atoms with van der Waals surface area (Å²) in [5, 5.41) is 6.65. The molecule has 0 saturated carbocycles. The van der Waals surface area contributed by atoms with Crippen LogP contribution in [-0.4, -0.2) is 43.5 Å². The molecule has 2 N–H and O–H groups in total. The van der Waals surface area contributed by atoms with Crippen LogP contribution in [0.3, 0.4) is 0 Å². The van der Waals surface area contributed by atoms with Crippen LogP contribution in [0.1, 0.15) is 30.4 Å². The summed E-state index contributed by atoms with van der Waals surface area (Å²) in [5.74, 6) is 1.92. The predicted molar refractivity (Wildman–Crippen MR) is 116 cm³/mol. The number of guanidine groups is 1. The number of para-hydroxylation sites is 1. The zero-order valence-electron chi connectivity index (χ0n) is 17.1. The number of benzene rings is 2. The van der Waals surface area contributed by atoms with E-state index >= 15 is 0 Å². The summed E-state index contributed by atoms with van der Waals surface area (Å²) in [6.07, 6.45) is 2.53. The van der Waals surface area contributed by atoms with E-state index in [0.29, 0.717) is 26.1 Å². The number of nitrogens with zero attached hydrogens (tertiary/aromatic N) is 2. The average Bonchev–Trinajstić information content (AvgIpc) is 3.15. The van der Waals surface area contributed by atoms with Crippen molar-refractivity contribution in [1.29, 1.82) is 0 Å². The van der Waals surface area contributed by atoms with Gasteiger partial charge in [-0.05, 0) is 36.1 Å². The number of carbonyl (C=O) groups is 1. The summed E-state index contributed by atoms with van der Waals surface area (Å²) < 4.78 is 5.70. The van der Waals surface area contributed by atoms with E-state index in [9.17, 15) is 4.79 Å². The fraction of sp³-hybridized carbons (Fsp3) is 0.391. The molecule has 154 valence electrons. The van der Waals surface area contributed by atoms with Crippen molar-refractivity contribution in [2.45, 2.75) is 32.4 Å². The highest BCUT2D eigenvalue weighted by Crippen LogP contribution is 2.15. The Morgan fingerprint density at radius 2 is 1.93 bits per heavy atom. The van der Waals surface area contributed by atoms with Gasteiger partial charge in [-0.25, -0.2) is 0 Å². The highest BCUT2D eigenvalue weighted by Gasteiger charge is 2.19. The number of carbonyl (C=O) groups excluding carboxylic acids is 1. The first-order valence-electron chi connectivity index (χ1n) is 10.2. The number of hydrogen-bond acceptors (Lipinski definition) is 3. The third-order valence-electron chi connectivity index (χ3n) is 4.85. The van der Waals surface area contributed by atoms with Gasteiger partial charge in [0, 0.05) is 39.6 Å². The van der Waals surface area contributed by atoms with Gasteiger partial charge < -0.3 is 20.3 Å². The number of ether oxygens (including phenoxy) is 1. The molecule has 1 aliphatic rings. The van der Waals surface area contributed by atoms with Gasteiger partial charge >= 0.3 is 0 Å². The second-order valence-corrected chi connectivity index (χ2v) is 7.11. The van der Waals surface area contributed by atoms with Gasteiger partial charge in [-0.1, -0.05) is 42.5 Å². The van der Waals surface area contributed by atoms with Crippen molar-refractivity contribution in [1.82, 2.24) is 15.5 Å². The van der Waals surface area contributed by atoms with Crippen molar-refractivity contribution in [2.24, 2.45) is 4.99 Å². The van der Waals surface area contributed by atoms with E-state index in [1.165, 1.54) is 11.1 Å². The molecule has 0 spiro atoms. The molecule has 1 heterocycles. The maximum absolute atomic E-state index is 11.8. The van der Waals surface area contributed by atoms with Gasteiger partial charge in [0.1, 0.15) is 5.75 Å². The smallest absolute Gasteiger partial charge is 0.222 e. The Hall–Kier alpha value is -3.02.